The maximum absolute atomic E-state index is 12.7. The highest BCUT2D eigenvalue weighted by Crippen LogP contribution is 2.39. The van der Waals surface area contributed by atoms with E-state index >= 15 is 0 Å². The molecule has 3 aromatic carbocycles. The van der Waals surface area contributed by atoms with Crippen LogP contribution in [0.25, 0.3) is 27.7 Å². The van der Waals surface area contributed by atoms with E-state index < -0.39 is 0 Å². The van der Waals surface area contributed by atoms with E-state index in [1.54, 1.807) is 45.8 Å². The zero-order valence-corrected chi connectivity index (χ0v) is 21.0. The van der Waals surface area contributed by atoms with Crippen molar-refractivity contribution in [2.75, 3.05) is 33.3 Å². The first kappa shape index (κ1) is 24.7. The van der Waals surface area contributed by atoms with Crippen LogP contribution in [0, 0.1) is 0 Å². The smallest absolute Gasteiger partial charge is 0.248 e. The Kier molecular flexibility index (Phi) is 7.49. The van der Waals surface area contributed by atoms with E-state index in [0.717, 1.165) is 33.4 Å². The summed E-state index contributed by atoms with van der Waals surface area (Å²) in [4.78, 5) is 12.7. The van der Waals surface area contributed by atoms with Crippen molar-refractivity contribution in [2.24, 2.45) is 0 Å². The average Bonchev–Trinajstić information content (AvgIpc) is 3.31. The molecule has 0 saturated carbocycles. The number of hydrogen-bond donors (Lipinski definition) is 1. The van der Waals surface area contributed by atoms with Crippen molar-refractivity contribution in [1.82, 2.24) is 0 Å². The number of benzene rings is 3. The van der Waals surface area contributed by atoms with Crippen LogP contribution in [0.2, 0.25) is 0 Å². The fourth-order valence-corrected chi connectivity index (χ4v) is 4.01. The Labute approximate surface area is 210 Å². The molecule has 0 spiro atoms. The number of fused-ring (bicyclic) bond motifs is 1. The zero-order valence-electron chi connectivity index (χ0n) is 21.0. The maximum Gasteiger partial charge on any atom is 0.248 e. The molecule has 0 unspecified atom stereocenters. The molecule has 0 bridgehead atoms. The Morgan fingerprint density at radius 3 is 2.31 bits per heavy atom. The van der Waals surface area contributed by atoms with Crippen LogP contribution in [-0.2, 0) is 4.79 Å². The third-order valence-corrected chi connectivity index (χ3v) is 5.80. The molecule has 0 radical (unpaired) electrons. The Morgan fingerprint density at radius 1 is 0.917 bits per heavy atom. The Hall–Kier alpha value is -4.39. The Morgan fingerprint density at radius 2 is 1.64 bits per heavy atom. The van der Waals surface area contributed by atoms with Gasteiger partial charge in [0.25, 0.3) is 0 Å². The fraction of sp³-hybridized carbons (Fsp3) is 0.207. The monoisotopic (exact) mass is 487 g/mol. The topological polar surface area (TPSA) is 79.2 Å². The lowest BCUT2D eigenvalue weighted by Gasteiger charge is -2.11. The van der Waals surface area contributed by atoms with Gasteiger partial charge in [-0.1, -0.05) is 6.07 Å². The van der Waals surface area contributed by atoms with Crippen LogP contribution in [0.1, 0.15) is 19.4 Å². The van der Waals surface area contributed by atoms with E-state index in [1.165, 1.54) is 0 Å². The van der Waals surface area contributed by atoms with Gasteiger partial charge in [0, 0.05) is 34.3 Å². The van der Waals surface area contributed by atoms with Crippen molar-refractivity contribution in [3.05, 3.63) is 72.5 Å². The molecule has 1 N–H and O–H groups in total. The molecule has 0 saturated heterocycles. The summed E-state index contributed by atoms with van der Waals surface area (Å²) in [7, 11) is 4.80. The van der Waals surface area contributed by atoms with Crippen molar-refractivity contribution in [3.63, 3.8) is 0 Å². The number of ether oxygens (including phenoxy) is 4. The van der Waals surface area contributed by atoms with Gasteiger partial charge in [-0.05, 0) is 67.4 Å². The van der Waals surface area contributed by atoms with Crippen LogP contribution in [0.15, 0.2) is 71.4 Å². The highest BCUT2D eigenvalue weighted by atomic mass is 16.5. The van der Waals surface area contributed by atoms with Crippen LogP contribution < -0.4 is 24.3 Å². The summed E-state index contributed by atoms with van der Waals surface area (Å²) in [5, 5.41) is 3.77. The summed E-state index contributed by atoms with van der Waals surface area (Å²) < 4.78 is 27.7. The highest BCUT2D eigenvalue weighted by Gasteiger charge is 2.16. The summed E-state index contributed by atoms with van der Waals surface area (Å²) in [5.41, 5.74) is 4.69. The van der Waals surface area contributed by atoms with Crippen molar-refractivity contribution in [3.8, 4) is 34.1 Å². The molecular weight excluding hydrogens is 458 g/mol. The molecule has 7 heteroatoms. The number of carbonyl (C=O) groups is 1. The summed E-state index contributed by atoms with van der Waals surface area (Å²) >= 11 is 0. The third kappa shape index (κ3) is 5.15. The molecule has 36 heavy (non-hydrogen) atoms. The van der Waals surface area contributed by atoms with Gasteiger partial charge >= 0.3 is 0 Å². The Bertz CT molecular complexity index is 1400. The van der Waals surface area contributed by atoms with Crippen LogP contribution in [-0.4, -0.2) is 33.8 Å². The van der Waals surface area contributed by atoms with Gasteiger partial charge in [0.15, 0.2) is 11.5 Å². The first-order chi connectivity index (χ1) is 17.5. The van der Waals surface area contributed by atoms with Crippen LogP contribution in [0.5, 0.6) is 23.0 Å². The molecule has 1 amide bonds. The average molecular weight is 488 g/mol. The minimum absolute atomic E-state index is 0.244. The Balaban J connectivity index is 1.66. The zero-order chi connectivity index (χ0) is 25.7. The summed E-state index contributed by atoms with van der Waals surface area (Å²) in [6, 6.07) is 16.8. The molecule has 0 fully saturated rings. The molecule has 7 nitrogen and oxygen atoms in total. The lowest BCUT2D eigenvalue weighted by molar-refractivity contribution is -0.111. The number of nitrogens with one attached hydrogen (secondary N) is 1. The molecule has 0 aliphatic heterocycles. The molecule has 4 rings (SSSR count). The number of hydrogen-bond acceptors (Lipinski definition) is 6. The molecule has 1 aromatic heterocycles. The third-order valence-electron chi connectivity index (χ3n) is 5.80. The number of amides is 1. The van der Waals surface area contributed by atoms with Crippen molar-refractivity contribution in [2.45, 2.75) is 13.8 Å². The maximum atomic E-state index is 12.7. The minimum Gasteiger partial charge on any atom is -0.496 e. The molecule has 0 aliphatic rings. The minimum atomic E-state index is -0.244. The van der Waals surface area contributed by atoms with Gasteiger partial charge in [-0.15, -0.1) is 0 Å². The van der Waals surface area contributed by atoms with Crippen LogP contribution in [0.4, 0.5) is 5.69 Å². The second-order valence-corrected chi connectivity index (χ2v) is 8.04. The van der Waals surface area contributed by atoms with Gasteiger partial charge in [0.2, 0.25) is 5.91 Å². The van der Waals surface area contributed by atoms with Gasteiger partial charge in [-0.2, -0.15) is 0 Å². The van der Waals surface area contributed by atoms with E-state index in [1.807, 2.05) is 56.3 Å². The van der Waals surface area contributed by atoms with E-state index in [0.29, 0.717) is 35.1 Å². The summed E-state index contributed by atoms with van der Waals surface area (Å²) in [6.07, 6.45) is 3.25. The standard InChI is InChI=1S/C29H29NO6/c1-6-35-21-10-8-20(9-11-21)30-29(31)13-18(2)22-15-23-24(17-36-27(23)16-26(22)33-4)19-7-12-25(32-3)28(14-19)34-5/h7-17H,6H2,1-5H3,(H,30,31)/b18-13+. The number of anilines is 1. The van der Waals surface area contributed by atoms with Gasteiger partial charge in [-0.25, -0.2) is 0 Å². The molecular formula is C29H29NO6. The molecule has 186 valence electrons. The number of allylic oxidation sites excluding steroid dienone is 1. The van der Waals surface area contributed by atoms with E-state index in [-0.39, 0.29) is 5.91 Å². The van der Waals surface area contributed by atoms with Gasteiger partial charge in [-0.3, -0.25) is 4.79 Å². The first-order valence-electron chi connectivity index (χ1n) is 11.5. The second-order valence-electron chi connectivity index (χ2n) is 8.04. The quantitative estimate of drug-likeness (QED) is 0.269. The number of carbonyl (C=O) groups excluding carboxylic acids is 1. The highest BCUT2D eigenvalue weighted by molar-refractivity contribution is 6.05. The SMILES string of the molecule is CCOc1ccc(NC(=O)/C=C(\C)c2cc3c(-c4ccc(OC)c(OC)c4)coc3cc2OC)cc1. The van der Waals surface area contributed by atoms with Crippen LogP contribution in [0.3, 0.4) is 0 Å². The van der Waals surface area contributed by atoms with E-state index in [2.05, 4.69) is 5.32 Å². The molecule has 0 atom stereocenters. The molecule has 1 heterocycles. The number of rotatable bonds is 9. The molecule has 4 aromatic rings. The molecule has 0 aliphatic carbocycles. The lowest BCUT2D eigenvalue weighted by atomic mass is 9.99. The summed E-state index contributed by atoms with van der Waals surface area (Å²) in [5.74, 6) is 2.39. The van der Waals surface area contributed by atoms with Crippen LogP contribution >= 0.6 is 0 Å². The predicted octanol–water partition coefficient (Wildman–Crippen LogP) is 6.57. The number of furan rings is 1. The van der Waals surface area contributed by atoms with E-state index in [4.69, 9.17) is 23.4 Å². The van der Waals surface area contributed by atoms with Crippen molar-refractivity contribution >= 4 is 28.1 Å². The van der Waals surface area contributed by atoms with Gasteiger partial charge < -0.3 is 28.7 Å². The van der Waals surface area contributed by atoms with E-state index in [9.17, 15) is 4.79 Å². The predicted molar refractivity (Wildman–Crippen MR) is 141 cm³/mol. The fourth-order valence-electron chi connectivity index (χ4n) is 4.01. The number of methoxy groups -OCH3 is 3. The largest absolute Gasteiger partial charge is 0.496 e. The van der Waals surface area contributed by atoms with Gasteiger partial charge in [0.05, 0.1) is 34.2 Å². The van der Waals surface area contributed by atoms with Crippen molar-refractivity contribution in [1.29, 1.82) is 0 Å². The normalized spacial score (nSPS) is 11.3. The van der Waals surface area contributed by atoms with Gasteiger partial charge in [0.1, 0.15) is 17.1 Å². The summed E-state index contributed by atoms with van der Waals surface area (Å²) in [6.45, 7) is 4.39. The second kappa shape index (κ2) is 10.9. The lowest BCUT2D eigenvalue weighted by Crippen LogP contribution is -2.08. The van der Waals surface area contributed by atoms with Crippen molar-refractivity contribution < 1.29 is 28.2 Å². The first-order valence-corrected chi connectivity index (χ1v) is 11.5.